The summed E-state index contributed by atoms with van der Waals surface area (Å²) >= 11 is 1.19. The average molecular weight is 352 g/mol. The van der Waals surface area contributed by atoms with Crippen molar-refractivity contribution in [2.45, 2.75) is 4.90 Å². The summed E-state index contributed by atoms with van der Waals surface area (Å²) in [5.41, 5.74) is 4.67. The Balaban J connectivity index is 1.49. The Labute approximate surface area is 147 Å². The van der Waals surface area contributed by atoms with E-state index in [1.165, 1.54) is 24.1 Å². The van der Waals surface area contributed by atoms with Gasteiger partial charge >= 0.3 is 0 Å². The lowest BCUT2D eigenvalue weighted by Gasteiger charge is -2.06. The lowest BCUT2D eigenvalue weighted by molar-refractivity contribution is 0.0947. The number of fused-ring (bicyclic) bond motifs is 3. The van der Waals surface area contributed by atoms with Crippen molar-refractivity contribution in [1.82, 2.24) is 10.3 Å². The topological polar surface area (TPSA) is 54.3 Å². The van der Waals surface area contributed by atoms with Crippen LogP contribution in [-0.2, 0) is 0 Å². The molecule has 0 spiro atoms. The minimum atomic E-state index is -0.297. The van der Waals surface area contributed by atoms with E-state index in [0.717, 1.165) is 26.8 Å². The molecule has 4 nitrogen and oxygen atoms in total. The molecule has 3 aromatic carbocycles. The fraction of sp³-hybridized carbons (Fsp3) is 0. The number of nitrogens with one attached hydrogen (secondary N) is 2. The van der Waals surface area contributed by atoms with Crippen molar-refractivity contribution >= 4 is 39.8 Å². The molecule has 4 rings (SSSR count). The van der Waals surface area contributed by atoms with Crippen LogP contribution in [0.4, 0.5) is 4.39 Å². The quantitative estimate of drug-likeness (QED) is 0.414. The van der Waals surface area contributed by atoms with Crippen molar-refractivity contribution in [2.75, 3.05) is 0 Å². The molecule has 0 fully saturated rings. The second-order valence-corrected chi connectivity index (χ2v) is 6.30. The zero-order chi connectivity index (χ0) is 17.2. The van der Waals surface area contributed by atoms with E-state index >= 15 is 0 Å². The highest BCUT2D eigenvalue weighted by molar-refractivity contribution is 7.97. The second kappa shape index (κ2) is 6.58. The van der Waals surface area contributed by atoms with E-state index in [2.05, 4.69) is 10.3 Å². The third-order valence-electron chi connectivity index (χ3n) is 3.79. The third-order valence-corrected chi connectivity index (χ3v) is 4.50. The van der Waals surface area contributed by atoms with E-state index in [0.29, 0.717) is 5.56 Å². The summed E-state index contributed by atoms with van der Waals surface area (Å²) in [6.45, 7) is 0. The number of halogens is 1. The minimum Gasteiger partial charge on any atom is -0.456 e. The standard InChI is InChI=1S/C19H13FN2O2S/c20-13-6-8-14(9-7-13)25-22-21-19(23)12-5-10-18-16(11-12)15-3-1-2-4-17(15)24-18/h1-11,22H,(H,21,23). The van der Waals surface area contributed by atoms with Crippen LogP contribution in [0.2, 0.25) is 0 Å². The zero-order valence-corrected chi connectivity index (χ0v) is 13.8. The molecule has 25 heavy (non-hydrogen) atoms. The molecule has 0 aliphatic carbocycles. The number of hydrogen-bond acceptors (Lipinski definition) is 4. The normalized spacial score (nSPS) is 11.1. The van der Waals surface area contributed by atoms with Crippen LogP contribution in [0.15, 0.2) is 76.0 Å². The van der Waals surface area contributed by atoms with Gasteiger partial charge in [0.1, 0.15) is 17.0 Å². The highest BCUT2D eigenvalue weighted by atomic mass is 32.2. The summed E-state index contributed by atoms with van der Waals surface area (Å²) in [4.78, 5) is 15.9. The first-order valence-electron chi connectivity index (χ1n) is 7.60. The van der Waals surface area contributed by atoms with Gasteiger partial charge in [-0.3, -0.25) is 10.2 Å². The van der Waals surface area contributed by atoms with Crippen LogP contribution in [0.5, 0.6) is 0 Å². The molecule has 6 heteroatoms. The number of para-hydroxylation sites is 1. The summed E-state index contributed by atoms with van der Waals surface area (Å²) in [5, 5.41) is 1.87. The van der Waals surface area contributed by atoms with Gasteiger partial charge in [-0.25, -0.2) is 4.39 Å². The van der Waals surface area contributed by atoms with Gasteiger partial charge in [-0.15, -0.1) is 0 Å². The van der Waals surface area contributed by atoms with Gasteiger partial charge < -0.3 is 4.42 Å². The first kappa shape index (κ1) is 15.7. The van der Waals surface area contributed by atoms with E-state index in [4.69, 9.17) is 4.42 Å². The summed E-state index contributed by atoms with van der Waals surface area (Å²) in [5.74, 6) is -0.559. The predicted molar refractivity (Wildman–Crippen MR) is 96.6 cm³/mol. The molecule has 1 amide bonds. The second-order valence-electron chi connectivity index (χ2n) is 5.42. The Morgan fingerprint density at radius 3 is 2.52 bits per heavy atom. The average Bonchev–Trinajstić information content (AvgIpc) is 3.01. The van der Waals surface area contributed by atoms with Crippen LogP contribution in [0, 0.1) is 5.82 Å². The van der Waals surface area contributed by atoms with Gasteiger partial charge in [0.2, 0.25) is 0 Å². The maximum atomic E-state index is 12.9. The molecule has 124 valence electrons. The molecule has 0 bridgehead atoms. The number of amides is 1. The van der Waals surface area contributed by atoms with Gasteiger partial charge in [0.25, 0.3) is 5.91 Å². The first-order valence-corrected chi connectivity index (χ1v) is 8.41. The molecular formula is C19H13FN2O2S. The summed E-state index contributed by atoms with van der Waals surface area (Å²) in [6, 6.07) is 19.0. The maximum absolute atomic E-state index is 12.9. The Hall–Kier alpha value is -2.83. The predicted octanol–water partition coefficient (Wildman–Crippen LogP) is 4.67. The molecule has 0 saturated heterocycles. The third kappa shape index (κ3) is 3.22. The number of furan rings is 1. The van der Waals surface area contributed by atoms with Gasteiger partial charge in [-0.05, 0) is 60.5 Å². The van der Waals surface area contributed by atoms with Crippen LogP contribution in [0.1, 0.15) is 10.4 Å². The summed E-state index contributed by atoms with van der Waals surface area (Å²) in [6.07, 6.45) is 0. The lowest BCUT2D eigenvalue weighted by atomic mass is 10.1. The van der Waals surface area contributed by atoms with Crippen molar-refractivity contribution in [2.24, 2.45) is 0 Å². The lowest BCUT2D eigenvalue weighted by Crippen LogP contribution is -2.32. The van der Waals surface area contributed by atoms with E-state index in [1.54, 1.807) is 30.3 Å². The largest absolute Gasteiger partial charge is 0.456 e. The Morgan fingerprint density at radius 2 is 1.68 bits per heavy atom. The van der Waals surface area contributed by atoms with Crippen LogP contribution in [0.25, 0.3) is 21.9 Å². The maximum Gasteiger partial charge on any atom is 0.266 e. The molecule has 0 aliphatic rings. The van der Waals surface area contributed by atoms with Crippen molar-refractivity contribution < 1.29 is 13.6 Å². The number of benzene rings is 3. The first-order chi connectivity index (χ1) is 12.2. The van der Waals surface area contributed by atoms with E-state index in [-0.39, 0.29) is 11.7 Å². The number of hydrogen-bond donors (Lipinski definition) is 2. The Morgan fingerprint density at radius 1 is 0.920 bits per heavy atom. The molecular weight excluding hydrogens is 339 g/mol. The number of hydrazine groups is 1. The fourth-order valence-corrected chi connectivity index (χ4v) is 3.11. The van der Waals surface area contributed by atoms with Crippen LogP contribution in [0.3, 0.4) is 0 Å². The molecule has 0 aliphatic heterocycles. The van der Waals surface area contributed by atoms with Crippen LogP contribution in [-0.4, -0.2) is 5.91 Å². The van der Waals surface area contributed by atoms with Crippen LogP contribution >= 0.6 is 11.9 Å². The van der Waals surface area contributed by atoms with Crippen molar-refractivity contribution in [3.8, 4) is 0 Å². The fourth-order valence-electron chi connectivity index (χ4n) is 2.57. The van der Waals surface area contributed by atoms with Gasteiger partial charge in [0, 0.05) is 21.2 Å². The van der Waals surface area contributed by atoms with E-state index < -0.39 is 0 Å². The number of carbonyl (C=O) groups is 1. The SMILES string of the molecule is O=C(NNSc1ccc(F)cc1)c1ccc2oc3ccccc3c2c1. The molecule has 0 atom stereocenters. The Kier molecular flexibility index (Phi) is 4.13. The number of carbonyl (C=O) groups excluding carboxylic acids is 1. The van der Waals surface area contributed by atoms with Gasteiger partial charge in [0.15, 0.2) is 0 Å². The highest BCUT2D eigenvalue weighted by Gasteiger charge is 2.11. The van der Waals surface area contributed by atoms with E-state index in [1.807, 2.05) is 24.3 Å². The molecule has 4 aromatic rings. The molecule has 0 saturated carbocycles. The van der Waals surface area contributed by atoms with Crippen LogP contribution < -0.4 is 10.3 Å². The van der Waals surface area contributed by atoms with Crippen molar-refractivity contribution in [3.63, 3.8) is 0 Å². The monoisotopic (exact) mass is 352 g/mol. The summed E-state index contributed by atoms with van der Waals surface area (Å²) < 4.78 is 18.6. The molecule has 1 aromatic heterocycles. The van der Waals surface area contributed by atoms with Crippen molar-refractivity contribution in [1.29, 1.82) is 0 Å². The van der Waals surface area contributed by atoms with E-state index in [9.17, 15) is 9.18 Å². The van der Waals surface area contributed by atoms with Gasteiger partial charge in [-0.2, -0.15) is 4.83 Å². The smallest absolute Gasteiger partial charge is 0.266 e. The van der Waals surface area contributed by atoms with Gasteiger partial charge in [0.05, 0.1) is 0 Å². The van der Waals surface area contributed by atoms with Crippen molar-refractivity contribution in [3.05, 3.63) is 78.1 Å². The zero-order valence-electron chi connectivity index (χ0n) is 13.0. The van der Waals surface area contributed by atoms with Gasteiger partial charge in [-0.1, -0.05) is 18.2 Å². The minimum absolute atomic E-state index is 0.262. The molecule has 0 unspecified atom stereocenters. The summed E-state index contributed by atoms with van der Waals surface area (Å²) in [7, 11) is 0. The molecule has 1 heterocycles. The number of rotatable bonds is 4. The Bertz CT molecular complexity index is 1060. The highest BCUT2D eigenvalue weighted by Crippen LogP contribution is 2.29. The molecule has 2 N–H and O–H groups in total. The molecule has 0 radical (unpaired) electrons.